The number of nitrogens with one attached hydrogen (secondary N) is 1. The zero-order valence-corrected chi connectivity index (χ0v) is 11.9. The van der Waals surface area contributed by atoms with Crippen molar-refractivity contribution in [1.82, 2.24) is 0 Å². The van der Waals surface area contributed by atoms with Crippen LogP contribution in [0.15, 0.2) is 36.4 Å². The molecule has 0 bridgehead atoms. The summed E-state index contributed by atoms with van der Waals surface area (Å²) in [5, 5.41) is 13.1. The lowest BCUT2D eigenvalue weighted by Crippen LogP contribution is -2.08. The fourth-order valence-corrected chi connectivity index (χ4v) is 2.19. The maximum Gasteiger partial charge on any atom is 0.337 e. The molecular formula is C14H12Cl2N2O2. The molecule has 0 aliphatic rings. The van der Waals surface area contributed by atoms with Crippen molar-refractivity contribution >= 4 is 40.5 Å². The molecule has 0 aliphatic heterocycles. The van der Waals surface area contributed by atoms with Crippen molar-refractivity contribution in [2.45, 2.75) is 6.54 Å². The van der Waals surface area contributed by atoms with E-state index in [1.807, 2.05) is 12.1 Å². The largest absolute Gasteiger partial charge is 0.478 e. The van der Waals surface area contributed by atoms with Gasteiger partial charge in [0, 0.05) is 17.3 Å². The zero-order chi connectivity index (χ0) is 14.7. The molecule has 2 aromatic carbocycles. The topological polar surface area (TPSA) is 75.3 Å². The summed E-state index contributed by atoms with van der Waals surface area (Å²) in [5.74, 6) is -1.09. The summed E-state index contributed by atoms with van der Waals surface area (Å²) in [6.45, 7) is 0.432. The molecule has 0 unspecified atom stereocenters. The van der Waals surface area contributed by atoms with E-state index in [0.29, 0.717) is 22.9 Å². The predicted molar refractivity (Wildman–Crippen MR) is 81.6 cm³/mol. The normalized spacial score (nSPS) is 10.3. The molecule has 0 fully saturated rings. The van der Waals surface area contributed by atoms with Crippen LogP contribution < -0.4 is 11.1 Å². The van der Waals surface area contributed by atoms with E-state index in [4.69, 9.17) is 28.9 Å². The highest BCUT2D eigenvalue weighted by Gasteiger charge is 2.14. The lowest BCUT2D eigenvalue weighted by Gasteiger charge is -2.12. The van der Waals surface area contributed by atoms with E-state index in [0.717, 1.165) is 5.56 Å². The smallest absolute Gasteiger partial charge is 0.337 e. The number of aromatic carboxylic acids is 1. The van der Waals surface area contributed by atoms with E-state index in [-0.39, 0.29) is 10.6 Å². The third-order valence-electron chi connectivity index (χ3n) is 2.73. The van der Waals surface area contributed by atoms with Gasteiger partial charge in [-0.3, -0.25) is 0 Å². The SMILES string of the molecule is Nc1cc(Cl)c(NCc2ccc(Cl)cc2)c(C(=O)O)c1. The van der Waals surface area contributed by atoms with Crippen molar-refractivity contribution in [3.63, 3.8) is 0 Å². The Labute approximate surface area is 126 Å². The first-order valence-corrected chi connectivity index (χ1v) is 6.53. The second-order valence-electron chi connectivity index (χ2n) is 4.21. The number of halogens is 2. The Morgan fingerprint density at radius 1 is 1.20 bits per heavy atom. The minimum atomic E-state index is -1.09. The summed E-state index contributed by atoms with van der Waals surface area (Å²) >= 11 is 11.8. The van der Waals surface area contributed by atoms with Gasteiger partial charge in [0.15, 0.2) is 0 Å². The zero-order valence-electron chi connectivity index (χ0n) is 10.4. The van der Waals surface area contributed by atoms with Gasteiger partial charge in [0.25, 0.3) is 0 Å². The number of carboxylic acids is 1. The van der Waals surface area contributed by atoms with Gasteiger partial charge < -0.3 is 16.2 Å². The van der Waals surface area contributed by atoms with E-state index in [2.05, 4.69) is 5.32 Å². The minimum Gasteiger partial charge on any atom is -0.478 e. The third-order valence-corrected chi connectivity index (χ3v) is 3.28. The van der Waals surface area contributed by atoms with Gasteiger partial charge in [0.2, 0.25) is 0 Å². The first-order chi connectivity index (χ1) is 9.47. The van der Waals surface area contributed by atoms with Crippen LogP contribution in [0.2, 0.25) is 10.0 Å². The van der Waals surface area contributed by atoms with Crippen LogP contribution >= 0.6 is 23.2 Å². The molecule has 2 rings (SSSR count). The second-order valence-corrected chi connectivity index (χ2v) is 5.05. The number of hydrogen-bond donors (Lipinski definition) is 3. The molecule has 0 amide bonds. The fourth-order valence-electron chi connectivity index (χ4n) is 1.77. The molecule has 4 N–H and O–H groups in total. The summed E-state index contributed by atoms with van der Waals surface area (Å²) in [6.07, 6.45) is 0. The van der Waals surface area contributed by atoms with Crippen LogP contribution in [0, 0.1) is 0 Å². The van der Waals surface area contributed by atoms with Crippen LogP contribution in [0.3, 0.4) is 0 Å². The third kappa shape index (κ3) is 3.35. The van der Waals surface area contributed by atoms with Crippen molar-refractivity contribution in [2.75, 3.05) is 11.1 Å². The first-order valence-electron chi connectivity index (χ1n) is 5.78. The van der Waals surface area contributed by atoms with E-state index in [1.165, 1.54) is 12.1 Å². The number of carbonyl (C=O) groups is 1. The van der Waals surface area contributed by atoms with Crippen LogP contribution in [-0.2, 0) is 6.54 Å². The van der Waals surface area contributed by atoms with Gasteiger partial charge in [-0.25, -0.2) is 4.79 Å². The monoisotopic (exact) mass is 310 g/mol. The van der Waals surface area contributed by atoms with E-state index < -0.39 is 5.97 Å². The fraction of sp³-hybridized carbons (Fsp3) is 0.0714. The van der Waals surface area contributed by atoms with Gasteiger partial charge in [0.1, 0.15) is 0 Å². The lowest BCUT2D eigenvalue weighted by atomic mass is 10.1. The molecule has 0 saturated carbocycles. The lowest BCUT2D eigenvalue weighted by molar-refractivity contribution is 0.0698. The standard InChI is InChI=1S/C14H12Cl2N2O2/c15-9-3-1-8(2-4-9)7-18-13-11(14(19)20)5-10(17)6-12(13)16/h1-6,18H,7,17H2,(H,19,20). The first kappa shape index (κ1) is 14.5. The molecule has 0 saturated heterocycles. The Morgan fingerprint density at radius 2 is 1.85 bits per heavy atom. The van der Waals surface area contributed by atoms with Gasteiger partial charge >= 0.3 is 5.97 Å². The maximum atomic E-state index is 11.2. The Hall–Kier alpha value is -1.91. The van der Waals surface area contributed by atoms with E-state index in [1.54, 1.807) is 12.1 Å². The number of benzene rings is 2. The van der Waals surface area contributed by atoms with E-state index in [9.17, 15) is 9.90 Å². The van der Waals surface area contributed by atoms with Gasteiger partial charge in [-0.1, -0.05) is 35.3 Å². The minimum absolute atomic E-state index is 0.0453. The molecule has 0 aliphatic carbocycles. The molecule has 6 heteroatoms. The van der Waals surface area contributed by atoms with Crippen molar-refractivity contribution in [3.05, 3.63) is 57.6 Å². The Morgan fingerprint density at radius 3 is 2.45 bits per heavy atom. The molecule has 0 radical (unpaired) electrons. The molecule has 20 heavy (non-hydrogen) atoms. The van der Waals surface area contributed by atoms with Crippen LogP contribution in [0.4, 0.5) is 11.4 Å². The number of hydrogen-bond acceptors (Lipinski definition) is 3. The maximum absolute atomic E-state index is 11.2. The average molecular weight is 311 g/mol. The molecular weight excluding hydrogens is 299 g/mol. The average Bonchev–Trinajstić information content (AvgIpc) is 2.38. The number of nitrogens with two attached hydrogens (primary N) is 1. The van der Waals surface area contributed by atoms with Crippen molar-refractivity contribution in [1.29, 1.82) is 0 Å². The number of carboxylic acid groups (broad SMARTS) is 1. The Bertz CT molecular complexity index is 642. The Balaban J connectivity index is 2.24. The van der Waals surface area contributed by atoms with Crippen LogP contribution in [0.5, 0.6) is 0 Å². The molecule has 0 spiro atoms. The molecule has 0 atom stereocenters. The molecule has 2 aromatic rings. The van der Waals surface area contributed by atoms with Gasteiger partial charge in [-0.15, -0.1) is 0 Å². The summed E-state index contributed by atoms with van der Waals surface area (Å²) in [6, 6.07) is 10.1. The highest BCUT2D eigenvalue weighted by atomic mass is 35.5. The van der Waals surface area contributed by atoms with Crippen LogP contribution in [-0.4, -0.2) is 11.1 Å². The number of nitrogen functional groups attached to an aromatic ring is 1. The van der Waals surface area contributed by atoms with Crippen molar-refractivity contribution in [3.8, 4) is 0 Å². The highest BCUT2D eigenvalue weighted by molar-refractivity contribution is 6.34. The summed E-state index contributed by atoms with van der Waals surface area (Å²) in [4.78, 5) is 11.2. The van der Waals surface area contributed by atoms with Gasteiger partial charge in [-0.05, 0) is 29.8 Å². The van der Waals surface area contributed by atoms with Crippen LogP contribution in [0.1, 0.15) is 15.9 Å². The van der Waals surface area contributed by atoms with Gasteiger partial charge in [-0.2, -0.15) is 0 Å². The van der Waals surface area contributed by atoms with Crippen molar-refractivity contribution < 1.29 is 9.90 Å². The second kappa shape index (κ2) is 6.03. The summed E-state index contributed by atoms with van der Waals surface area (Å²) < 4.78 is 0. The summed E-state index contributed by atoms with van der Waals surface area (Å²) in [5.41, 5.74) is 7.26. The quantitative estimate of drug-likeness (QED) is 0.749. The molecule has 0 heterocycles. The molecule has 4 nitrogen and oxygen atoms in total. The van der Waals surface area contributed by atoms with Crippen molar-refractivity contribution in [2.24, 2.45) is 0 Å². The van der Waals surface area contributed by atoms with Gasteiger partial charge in [0.05, 0.1) is 16.3 Å². The Kier molecular flexibility index (Phi) is 4.37. The number of anilines is 2. The molecule has 104 valence electrons. The van der Waals surface area contributed by atoms with E-state index >= 15 is 0 Å². The summed E-state index contributed by atoms with van der Waals surface area (Å²) in [7, 11) is 0. The number of rotatable bonds is 4. The highest BCUT2D eigenvalue weighted by Crippen LogP contribution is 2.29. The molecule has 0 aromatic heterocycles. The predicted octanol–water partition coefficient (Wildman–Crippen LogP) is 3.89. The van der Waals surface area contributed by atoms with Crippen LogP contribution in [0.25, 0.3) is 0 Å².